The van der Waals surface area contributed by atoms with E-state index in [4.69, 9.17) is 18.0 Å². The third kappa shape index (κ3) is 3.01. The third-order valence-corrected chi connectivity index (χ3v) is 4.44. The molecule has 0 radical (unpaired) electrons. The lowest BCUT2D eigenvalue weighted by atomic mass is 9.83. The van der Waals surface area contributed by atoms with Gasteiger partial charge in [-0.3, -0.25) is 0 Å². The molecule has 0 aromatic heterocycles. The molecule has 1 aromatic rings. The highest BCUT2D eigenvalue weighted by Gasteiger charge is 2.17. The first-order valence-corrected chi connectivity index (χ1v) is 7.31. The summed E-state index contributed by atoms with van der Waals surface area (Å²) >= 11 is 8.05. The van der Waals surface area contributed by atoms with Crippen LogP contribution in [0.3, 0.4) is 0 Å². The summed E-state index contributed by atoms with van der Waals surface area (Å²) in [5.74, 6) is 0.494. The first kappa shape index (κ1) is 13.7. The summed E-state index contributed by atoms with van der Waals surface area (Å²) in [6, 6.07) is 3.43. The Morgan fingerprint density at radius 3 is 2.78 bits per heavy atom. The van der Waals surface area contributed by atoms with Gasteiger partial charge in [0.1, 0.15) is 4.99 Å². The largest absolute Gasteiger partial charge is 0.389 e. The van der Waals surface area contributed by atoms with Gasteiger partial charge in [-0.25, -0.2) is 4.39 Å². The quantitative estimate of drug-likeness (QED) is 0.806. The molecule has 98 valence electrons. The third-order valence-electron chi connectivity index (χ3n) is 3.44. The summed E-state index contributed by atoms with van der Waals surface area (Å²) in [5, 5.41) is 3.13. The van der Waals surface area contributed by atoms with Gasteiger partial charge in [0.2, 0.25) is 0 Å². The predicted molar refractivity (Wildman–Crippen MR) is 80.4 cm³/mol. The van der Waals surface area contributed by atoms with E-state index in [-0.39, 0.29) is 10.8 Å². The van der Waals surface area contributed by atoms with Gasteiger partial charge in [-0.1, -0.05) is 31.5 Å². The van der Waals surface area contributed by atoms with Crippen LogP contribution in [0.2, 0.25) is 0 Å². The molecule has 2 nitrogen and oxygen atoms in total. The number of nitrogens with two attached hydrogens (primary N) is 1. The molecule has 0 bridgehead atoms. The lowest BCUT2D eigenvalue weighted by molar-refractivity contribution is 0.303. The molecule has 1 fully saturated rings. The maximum Gasteiger partial charge on any atom is 0.161 e. The van der Waals surface area contributed by atoms with E-state index in [1.807, 2.05) is 0 Å². The highest BCUT2D eigenvalue weighted by Crippen LogP contribution is 2.30. The zero-order valence-electron chi connectivity index (χ0n) is 10.0. The molecule has 0 saturated heterocycles. The number of benzene rings is 1. The minimum Gasteiger partial charge on any atom is -0.389 e. The van der Waals surface area contributed by atoms with Crippen molar-refractivity contribution in [1.29, 1.82) is 0 Å². The summed E-state index contributed by atoms with van der Waals surface area (Å²) in [4.78, 5) is 0.196. The molecular weight excluding hydrogens is 315 g/mol. The van der Waals surface area contributed by atoms with Gasteiger partial charge in [-0.05, 0) is 40.4 Å². The number of hydrogen-bond acceptors (Lipinski definition) is 2. The van der Waals surface area contributed by atoms with Gasteiger partial charge < -0.3 is 11.1 Å². The van der Waals surface area contributed by atoms with Crippen LogP contribution in [0.25, 0.3) is 0 Å². The smallest absolute Gasteiger partial charge is 0.161 e. The zero-order chi connectivity index (χ0) is 13.1. The predicted octanol–water partition coefficient (Wildman–Crippen LogP) is 3.82. The van der Waals surface area contributed by atoms with Crippen LogP contribution >= 0.6 is 28.1 Å². The van der Waals surface area contributed by atoms with Crippen molar-refractivity contribution in [2.45, 2.75) is 25.7 Å². The molecule has 1 aliphatic carbocycles. The highest BCUT2D eigenvalue weighted by molar-refractivity contribution is 9.10. The van der Waals surface area contributed by atoms with Crippen molar-refractivity contribution in [2.24, 2.45) is 11.7 Å². The minimum absolute atomic E-state index is 0.196. The molecule has 3 N–H and O–H groups in total. The van der Waals surface area contributed by atoms with Crippen LogP contribution in [0.1, 0.15) is 31.2 Å². The molecule has 1 aromatic carbocycles. The van der Waals surface area contributed by atoms with E-state index in [9.17, 15) is 4.39 Å². The van der Waals surface area contributed by atoms with Crippen LogP contribution in [-0.2, 0) is 0 Å². The van der Waals surface area contributed by atoms with Crippen molar-refractivity contribution in [3.8, 4) is 0 Å². The molecule has 5 heteroatoms. The average molecular weight is 331 g/mol. The SMILES string of the molecule is NC(=S)c1ccc(NCCC2CCC2)c(F)c1Br. The first-order valence-electron chi connectivity index (χ1n) is 6.11. The molecule has 1 aliphatic rings. The van der Waals surface area contributed by atoms with E-state index >= 15 is 0 Å². The molecule has 2 rings (SSSR count). The van der Waals surface area contributed by atoms with Crippen molar-refractivity contribution in [3.63, 3.8) is 0 Å². The van der Waals surface area contributed by atoms with Gasteiger partial charge in [0.25, 0.3) is 0 Å². The van der Waals surface area contributed by atoms with Gasteiger partial charge in [0.15, 0.2) is 5.82 Å². The van der Waals surface area contributed by atoms with Gasteiger partial charge in [-0.15, -0.1) is 0 Å². The Hall–Kier alpha value is -0.680. The number of hydrogen-bond donors (Lipinski definition) is 2. The second-order valence-electron chi connectivity index (χ2n) is 4.67. The van der Waals surface area contributed by atoms with E-state index in [2.05, 4.69) is 21.2 Å². The molecule has 18 heavy (non-hydrogen) atoms. The fourth-order valence-corrected chi connectivity index (χ4v) is 2.93. The molecule has 0 amide bonds. The van der Waals surface area contributed by atoms with E-state index in [1.54, 1.807) is 12.1 Å². The van der Waals surface area contributed by atoms with Gasteiger partial charge >= 0.3 is 0 Å². The number of halogens is 2. The fraction of sp³-hybridized carbons (Fsp3) is 0.462. The second-order valence-corrected chi connectivity index (χ2v) is 5.90. The standard InChI is InChI=1S/C13H16BrFN2S/c14-11-9(13(16)18)4-5-10(12(11)15)17-7-6-8-2-1-3-8/h4-5,8,17H,1-3,6-7H2,(H2,16,18). The van der Waals surface area contributed by atoms with Crippen LogP contribution in [0, 0.1) is 11.7 Å². The van der Waals surface area contributed by atoms with E-state index in [0.29, 0.717) is 15.7 Å². The Labute approximate surface area is 120 Å². The minimum atomic E-state index is -0.325. The lowest BCUT2D eigenvalue weighted by Crippen LogP contribution is -2.16. The van der Waals surface area contributed by atoms with Gasteiger partial charge in [-0.2, -0.15) is 0 Å². The molecule has 1 saturated carbocycles. The Balaban J connectivity index is 1.99. The normalized spacial score (nSPS) is 15.2. The first-order chi connectivity index (χ1) is 8.59. The molecule has 0 unspecified atom stereocenters. The van der Waals surface area contributed by atoms with Gasteiger partial charge in [0.05, 0.1) is 10.2 Å². The zero-order valence-corrected chi connectivity index (χ0v) is 12.4. The van der Waals surface area contributed by atoms with Crippen molar-refractivity contribution in [3.05, 3.63) is 28.0 Å². The van der Waals surface area contributed by atoms with Crippen molar-refractivity contribution in [2.75, 3.05) is 11.9 Å². The number of anilines is 1. The highest BCUT2D eigenvalue weighted by atomic mass is 79.9. The van der Waals surface area contributed by atoms with Crippen molar-refractivity contribution >= 4 is 38.8 Å². The van der Waals surface area contributed by atoms with Crippen molar-refractivity contribution in [1.82, 2.24) is 0 Å². The number of rotatable bonds is 5. The van der Waals surface area contributed by atoms with E-state index < -0.39 is 0 Å². The topological polar surface area (TPSA) is 38.0 Å². The molecule has 0 spiro atoms. The maximum atomic E-state index is 14.0. The van der Waals surface area contributed by atoms with Gasteiger partial charge in [0, 0.05) is 12.1 Å². The Morgan fingerprint density at radius 1 is 1.50 bits per heavy atom. The van der Waals surface area contributed by atoms with Crippen LogP contribution in [0.4, 0.5) is 10.1 Å². The molecule has 0 aliphatic heterocycles. The molecule has 0 atom stereocenters. The molecule has 0 heterocycles. The summed E-state index contributed by atoms with van der Waals surface area (Å²) < 4.78 is 14.4. The average Bonchev–Trinajstić information content (AvgIpc) is 2.27. The van der Waals surface area contributed by atoms with Crippen LogP contribution in [0.5, 0.6) is 0 Å². The number of nitrogens with one attached hydrogen (secondary N) is 1. The summed E-state index contributed by atoms with van der Waals surface area (Å²) in [6.45, 7) is 0.806. The fourth-order valence-electron chi connectivity index (χ4n) is 2.07. The summed E-state index contributed by atoms with van der Waals surface area (Å²) in [5.41, 5.74) is 6.55. The van der Waals surface area contributed by atoms with E-state index in [0.717, 1.165) is 18.9 Å². The van der Waals surface area contributed by atoms with Crippen molar-refractivity contribution < 1.29 is 4.39 Å². The van der Waals surface area contributed by atoms with Crippen LogP contribution < -0.4 is 11.1 Å². The maximum absolute atomic E-state index is 14.0. The summed E-state index contributed by atoms with van der Waals surface area (Å²) in [7, 11) is 0. The van der Waals surface area contributed by atoms with E-state index in [1.165, 1.54) is 19.3 Å². The Bertz CT molecular complexity index is 461. The molecular formula is C13H16BrFN2S. The van der Waals surface area contributed by atoms with Crippen LogP contribution in [-0.4, -0.2) is 11.5 Å². The summed E-state index contributed by atoms with van der Waals surface area (Å²) in [6.07, 6.45) is 5.07. The number of thiocarbonyl (C=S) groups is 1. The monoisotopic (exact) mass is 330 g/mol. The Morgan fingerprint density at radius 2 is 2.22 bits per heavy atom. The Kier molecular flexibility index (Phi) is 4.56. The second kappa shape index (κ2) is 5.97. The lowest BCUT2D eigenvalue weighted by Gasteiger charge is -2.25. The van der Waals surface area contributed by atoms with Crippen LogP contribution in [0.15, 0.2) is 16.6 Å².